The third-order valence-corrected chi connectivity index (χ3v) is 3.49. The molecule has 0 saturated carbocycles. The van der Waals surface area contributed by atoms with E-state index in [0.29, 0.717) is 0 Å². The molecule has 0 aliphatic carbocycles. The summed E-state index contributed by atoms with van der Waals surface area (Å²) >= 11 is 0. The molecular formula is C17H20O3. The molecule has 2 rings (SSSR count). The molecule has 0 heterocycles. The molecule has 3 nitrogen and oxygen atoms in total. The van der Waals surface area contributed by atoms with E-state index in [1.807, 2.05) is 50.2 Å². The van der Waals surface area contributed by atoms with Crippen molar-refractivity contribution in [2.75, 3.05) is 14.2 Å². The Morgan fingerprint density at radius 2 is 1.70 bits per heavy atom. The van der Waals surface area contributed by atoms with Gasteiger partial charge < -0.3 is 14.6 Å². The van der Waals surface area contributed by atoms with Gasteiger partial charge in [-0.3, -0.25) is 0 Å². The lowest BCUT2D eigenvalue weighted by atomic mass is 9.95. The van der Waals surface area contributed by atoms with Crippen LogP contribution in [-0.2, 0) is 0 Å². The average molecular weight is 272 g/mol. The number of ether oxygens (including phenoxy) is 2. The fourth-order valence-electron chi connectivity index (χ4n) is 2.32. The van der Waals surface area contributed by atoms with Gasteiger partial charge >= 0.3 is 0 Å². The summed E-state index contributed by atoms with van der Waals surface area (Å²) in [5.41, 5.74) is 3.71. The van der Waals surface area contributed by atoms with Crippen molar-refractivity contribution < 1.29 is 14.6 Å². The van der Waals surface area contributed by atoms with E-state index in [1.165, 1.54) is 0 Å². The fraction of sp³-hybridized carbons (Fsp3) is 0.294. The summed E-state index contributed by atoms with van der Waals surface area (Å²) in [6.07, 6.45) is -0.672. The monoisotopic (exact) mass is 272 g/mol. The highest BCUT2D eigenvalue weighted by Crippen LogP contribution is 2.31. The molecule has 0 amide bonds. The summed E-state index contributed by atoms with van der Waals surface area (Å²) < 4.78 is 10.5. The second-order valence-corrected chi connectivity index (χ2v) is 4.86. The van der Waals surface area contributed by atoms with Crippen LogP contribution in [0.1, 0.15) is 28.4 Å². The molecule has 0 aliphatic rings. The molecule has 0 radical (unpaired) electrons. The van der Waals surface area contributed by atoms with Crippen LogP contribution >= 0.6 is 0 Å². The Morgan fingerprint density at radius 1 is 0.950 bits per heavy atom. The van der Waals surface area contributed by atoms with Gasteiger partial charge in [-0.1, -0.05) is 12.1 Å². The van der Waals surface area contributed by atoms with E-state index in [4.69, 9.17) is 9.47 Å². The van der Waals surface area contributed by atoms with E-state index in [-0.39, 0.29) is 0 Å². The van der Waals surface area contributed by atoms with Crippen molar-refractivity contribution in [2.24, 2.45) is 0 Å². The molecular weight excluding hydrogens is 252 g/mol. The van der Waals surface area contributed by atoms with Gasteiger partial charge in [0.05, 0.1) is 14.2 Å². The number of aliphatic hydroxyl groups is 1. The zero-order valence-electron chi connectivity index (χ0n) is 12.3. The van der Waals surface area contributed by atoms with Crippen LogP contribution in [0.5, 0.6) is 11.5 Å². The van der Waals surface area contributed by atoms with Gasteiger partial charge in [-0.15, -0.1) is 0 Å². The molecule has 20 heavy (non-hydrogen) atoms. The van der Waals surface area contributed by atoms with Crippen LogP contribution in [-0.4, -0.2) is 19.3 Å². The van der Waals surface area contributed by atoms with Gasteiger partial charge in [-0.2, -0.15) is 0 Å². The van der Waals surface area contributed by atoms with Crippen molar-refractivity contribution >= 4 is 0 Å². The molecule has 1 atom stereocenters. The van der Waals surface area contributed by atoms with E-state index in [0.717, 1.165) is 33.8 Å². The van der Waals surface area contributed by atoms with E-state index >= 15 is 0 Å². The van der Waals surface area contributed by atoms with Gasteiger partial charge in [0.2, 0.25) is 0 Å². The van der Waals surface area contributed by atoms with Crippen molar-refractivity contribution in [3.63, 3.8) is 0 Å². The van der Waals surface area contributed by atoms with Crippen molar-refractivity contribution in [1.29, 1.82) is 0 Å². The summed E-state index contributed by atoms with van der Waals surface area (Å²) in [7, 11) is 3.27. The summed E-state index contributed by atoms with van der Waals surface area (Å²) in [4.78, 5) is 0. The normalized spacial score (nSPS) is 12.1. The van der Waals surface area contributed by atoms with Crippen LogP contribution in [0, 0.1) is 13.8 Å². The first-order chi connectivity index (χ1) is 9.56. The molecule has 0 fully saturated rings. The molecule has 106 valence electrons. The predicted octanol–water partition coefficient (Wildman–Crippen LogP) is 3.40. The third-order valence-electron chi connectivity index (χ3n) is 3.49. The highest BCUT2D eigenvalue weighted by Gasteiger charge is 2.15. The fourth-order valence-corrected chi connectivity index (χ4v) is 2.32. The standard InChI is InChI=1S/C17H20O3/c1-11-9-16(20-4)12(2)8-15(11)17(18)13-6-5-7-14(10-13)19-3/h5-10,17-18H,1-4H3. The molecule has 0 bridgehead atoms. The molecule has 0 aromatic heterocycles. The van der Waals surface area contributed by atoms with E-state index < -0.39 is 6.10 Å². The Morgan fingerprint density at radius 3 is 2.35 bits per heavy atom. The Hall–Kier alpha value is -2.00. The minimum absolute atomic E-state index is 0.672. The Balaban J connectivity index is 2.42. The maximum atomic E-state index is 10.6. The van der Waals surface area contributed by atoms with Crippen molar-refractivity contribution in [1.82, 2.24) is 0 Å². The second-order valence-electron chi connectivity index (χ2n) is 4.86. The zero-order chi connectivity index (χ0) is 14.7. The Kier molecular flexibility index (Phi) is 4.30. The van der Waals surface area contributed by atoms with Gasteiger partial charge in [-0.05, 0) is 60.4 Å². The minimum atomic E-state index is -0.672. The van der Waals surface area contributed by atoms with Crippen LogP contribution in [0.25, 0.3) is 0 Å². The maximum absolute atomic E-state index is 10.6. The SMILES string of the molecule is COc1cccc(C(O)c2cc(C)c(OC)cc2C)c1. The average Bonchev–Trinajstić information content (AvgIpc) is 2.48. The van der Waals surface area contributed by atoms with Crippen molar-refractivity contribution in [3.8, 4) is 11.5 Å². The minimum Gasteiger partial charge on any atom is -0.497 e. The largest absolute Gasteiger partial charge is 0.497 e. The molecule has 0 saturated heterocycles. The van der Waals surface area contributed by atoms with Crippen LogP contribution in [0.2, 0.25) is 0 Å². The van der Waals surface area contributed by atoms with Crippen LogP contribution in [0.3, 0.4) is 0 Å². The first kappa shape index (κ1) is 14.4. The summed E-state index contributed by atoms with van der Waals surface area (Å²) in [6.45, 7) is 3.95. The van der Waals surface area contributed by atoms with Gasteiger partial charge in [0.1, 0.15) is 17.6 Å². The lowest BCUT2D eigenvalue weighted by Crippen LogP contribution is -2.04. The molecule has 2 aromatic rings. The number of methoxy groups -OCH3 is 2. The van der Waals surface area contributed by atoms with Crippen LogP contribution < -0.4 is 9.47 Å². The first-order valence-corrected chi connectivity index (χ1v) is 6.54. The highest BCUT2D eigenvalue weighted by molar-refractivity contribution is 5.45. The first-order valence-electron chi connectivity index (χ1n) is 6.54. The summed E-state index contributed by atoms with van der Waals surface area (Å²) in [5, 5.41) is 10.6. The number of aliphatic hydroxyl groups excluding tert-OH is 1. The number of hydrogen-bond donors (Lipinski definition) is 1. The molecule has 0 spiro atoms. The number of aryl methyl sites for hydroxylation is 2. The zero-order valence-corrected chi connectivity index (χ0v) is 12.3. The van der Waals surface area contributed by atoms with E-state index in [2.05, 4.69) is 0 Å². The molecule has 1 N–H and O–H groups in total. The Bertz CT molecular complexity index is 605. The molecule has 3 heteroatoms. The molecule has 1 unspecified atom stereocenters. The van der Waals surface area contributed by atoms with Gasteiger partial charge in [0.15, 0.2) is 0 Å². The second kappa shape index (κ2) is 5.97. The third kappa shape index (κ3) is 2.78. The number of hydrogen-bond acceptors (Lipinski definition) is 3. The van der Waals surface area contributed by atoms with Crippen LogP contribution in [0.4, 0.5) is 0 Å². The summed E-state index contributed by atoms with van der Waals surface area (Å²) in [6, 6.07) is 11.4. The van der Waals surface area contributed by atoms with Gasteiger partial charge in [0, 0.05) is 0 Å². The number of benzene rings is 2. The lowest BCUT2D eigenvalue weighted by Gasteiger charge is -2.17. The van der Waals surface area contributed by atoms with Crippen LogP contribution in [0.15, 0.2) is 36.4 Å². The van der Waals surface area contributed by atoms with Gasteiger partial charge in [-0.25, -0.2) is 0 Å². The lowest BCUT2D eigenvalue weighted by molar-refractivity contribution is 0.219. The quantitative estimate of drug-likeness (QED) is 0.927. The maximum Gasteiger partial charge on any atom is 0.122 e. The highest BCUT2D eigenvalue weighted by atomic mass is 16.5. The molecule has 2 aromatic carbocycles. The predicted molar refractivity (Wildman–Crippen MR) is 79.5 cm³/mol. The topological polar surface area (TPSA) is 38.7 Å². The Labute approximate surface area is 119 Å². The summed E-state index contributed by atoms with van der Waals surface area (Å²) in [5.74, 6) is 1.58. The number of rotatable bonds is 4. The van der Waals surface area contributed by atoms with E-state index in [9.17, 15) is 5.11 Å². The van der Waals surface area contributed by atoms with E-state index in [1.54, 1.807) is 14.2 Å². The smallest absolute Gasteiger partial charge is 0.122 e. The van der Waals surface area contributed by atoms with Crippen molar-refractivity contribution in [3.05, 3.63) is 58.7 Å². The molecule has 0 aliphatic heterocycles. The van der Waals surface area contributed by atoms with Gasteiger partial charge in [0.25, 0.3) is 0 Å². The van der Waals surface area contributed by atoms with Crippen molar-refractivity contribution in [2.45, 2.75) is 20.0 Å².